The Morgan fingerprint density at radius 1 is 1.15 bits per heavy atom. The number of nitrogens with zero attached hydrogens (tertiary/aromatic N) is 1. The van der Waals surface area contributed by atoms with Gasteiger partial charge in [-0.3, -0.25) is 4.79 Å². The number of rotatable bonds is 6. The van der Waals surface area contributed by atoms with Crippen molar-refractivity contribution in [1.82, 2.24) is 0 Å². The summed E-state index contributed by atoms with van der Waals surface area (Å²) in [6, 6.07) is 15.8. The van der Waals surface area contributed by atoms with Gasteiger partial charge in [-0.1, -0.05) is 30.3 Å². The highest BCUT2D eigenvalue weighted by Crippen LogP contribution is 2.32. The smallest absolute Gasteiger partial charge is 0.268 e. The summed E-state index contributed by atoms with van der Waals surface area (Å²) >= 11 is 0. The van der Waals surface area contributed by atoms with Gasteiger partial charge in [-0.15, -0.1) is 0 Å². The summed E-state index contributed by atoms with van der Waals surface area (Å²) < 4.78 is 5.87. The first-order chi connectivity index (χ1) is 12.5. The topological polar surface area (TPSA) is 46.6 Å². The molecule has 2 aromatic carbocycles. The molecule has 0 fully saturated rings. The number of Topliss-reactive ketones (excluding diaryl/α,β-unsaturated/α-hetero) is 1. The molecule has 1 heterocycles. The number of ether oxygens (including phenoxy) is 1. The number of hydrogen-bond acceptors (Lipinski definition) is 3. The normalized spacial score (nSPS) is 16.9. The Kier molecular flexibility index (Phi) is 5.40. The molecule has 0 radical (unpaired) electrons. The zero-order valence-corrected chi connectivity index (χ0v) is 15.6. The molecule has 4 heteroatoms. The van der Waals surface area contributed by atoms with Crippen LogP contribution in [0.3, 0.4) is 0 Å². The van der Waals surface area contributed by atoms with Crippen LogP contribution in [-0.4, -0.2) is 23.8 Å². The van der Waals surface area contributed by atoms with Gasteiger partial charge in [0.1, 0.15) is 11.5 Å². The Labute approximate surface area is 154 Å². The number of carbonyl (C=O) groups is 2. The third kappa shape index (κ3) is 3.96. The second-order valence-electron chi connectivity index (χ2n) is 7.00. The van der Waals surface area contributed by atoms with Crippen molar-refractivity contribution in [3.05, 3.63) is 59.7 Å². The molecule has 0 bridgehead atoms. The molecule has 1 aliphatic heterocycles. The molecule has 3 rings (SSSR count). The number of fused-ring (bicyclic) bond motifs is 1. The molecule has 0 saturated heterocycles. The predicted molar refractivity (Wildman–Crippen MR) is 103 cm³/mol. The van der Waals surface area contributed by atoms with Crippen LogP contribution < -0.4 is 9.64 Å². The van der Waals surface area contributed by atoms with Crippen molar-refractivity contribution < 1.29 is 14.3 Å². The first-order valence-corrected chi connectivity index (χ1v) is 9.11. The summed E-state index contributed by atoms with van der Waals surface area (Å²) in [5.41, 5.74) is 3.28. The van der Waals surface area contributed by atoms with E-state index in [0.717, 1.165) is 24.1 Å². The number of anilines is 1. The summed E-state index contributed by atoms with van der Waals surface area (Å²) in [6.45, 7) is 5.45. The number of amides is 1. The predicted octanol–water partition coefficient (Wildman–Crippen LogP) is 3.95. The van der Waals surface area contributed by atoms with Gasteiger partial charge in [0.25, 0.3) is 5.91 Å². The Balaban J connectivity index is 1.65. The first-order valence-electron chi connectivity index (χ1n) is 9.11. The van der Waals surface area contributed by atoms with Crippen LogP contribution in [-0.2, 0) is 22.4 Å². The van der Waals surface area contributed by atoms with E-state index in [0.29, 0.717) is 12.2 Å². The van der Waals surface area contributed by atoms with Gasteiger partial charge in [0, 0.05) is 18.2 Å². The van der Waals surface area contributed by atoms with Crippen molar-refractivity contribution >= 4 is 17.4 Å². The van der Waals surface area contributed by atoms with Gasteiger partial charge >= 0.3 is 0 Å². The summed E-state index contributed by atoms with van der Waals surface area (Å²) in [4.78, 5) is 25.9. The molecule has 26 heavy (non-hydrogen) atoms. The molecule has 1 amide bonds. The molecule has 0 saturated carbocycles. The van der Waals surface area contributed by atoms with Crippen molar-refractivity contribution in [3.8, 4) is 5.75 Å². The highest BCUT2D eigenvalue weighted by Gasteiger charge is 2.33. The van der Waals surface area contributed by atoms with E-state index in [1.54, 1.807) is 13.8 Å². The van der Waals surface area contributed by atoms with E-state index < -0.39 is 6.10 Å². The Hall–Kier alpha value is -2.62. The van der Waals surface area contributed by atoms with E-state index in [9.17, 15) is 9.59 Å². The van der Waals surface area contributed by atoms with Gasteiger partial charge in [-0.05, 0) is 62.9 Å². The van der Waals surface area contributed by atoms with Gasteiger partial charge in [-0.2, -0.15) is 0 Å². The van der Waals surface area contributed by atoms with Gasteiger partial charge in [0.15, 0.2) is 6.10 Å². The van der Waals surface area contributed by atoms with E-state index in [-0.39, 0.29) is 17.7 Å². The van der Waals surface area contributed by atoms with Gasteiger partial charge in [-0.25, -0.2) is 0 Å². The summed E-state index contributed by atoms with van der Waals surface area (Å²) in [5.74, 6) is 0.824. The number of hydrogen-bond donors (Lipinski definition) is 0. The largest absolute Gasteiger partial charge is 0.481 e. The Morgan fingerprint density at radius 3 is 2.54 bits per heavy atom. The zero-order valence-electron chi connectivity index (χ0n) is 15.6. The molecule has 2 unspecified atom stereocenters. The molecular weight excluding hydrogens is 326 g/mol. The minimum atomic E-state index is -0.563. The highest BCUT2D eigenvalue weighted by atomic mass is 16.5. The fourth-order valence-corrected chi connectivity index (χ4v) is 3.41. The maximum Gasteiger partial charge on any atom is 0.268 e. The fourth-order valence-electron chi connectivity index (χ4n) is 3.41. The fraction of sp³-hybridized carbons (Fsp3) is 0.364. The molecular formula is C22H25NO3. The second-order valence-corrected chi connectivity index (χ2v) is 7.00. The van der Waals surface area contributed by atoms with Crippen molar-refractivity contribution in [2.75, 3.05) is 4.90 Å². The van der Waals surface area contributed by atoms with Crippen LogP contribution in [0, 0.1) is 0 Å². The highest BCUT2D eigenvalue weighted by molar-refractivity contribution is 5.99. The lowest BCUT2D eigenvalue weighted by Gasteiger charge is -2.26. The van der Waals surface area contributed by atoms with Crippen LogP contribution in [0.15, 0.2) is 48.5 Å². The average Bonchev–Trinajstić information content (AvgIpc) is 2.96. The summed E-state index contributed by atoms with van der Waals surface area (Å²) in [5, 5.41) is 0. The molecule has 4 nitrogen and oxygen atoms in total. The van der Waals surface area contributed by atoms with Crippen LogP contribution in [0.25, 0.3) is 0 Å². The van der Waals surface area contributed by atoms with Crippen molar-refractivity contribution in [1.29, 1.82) is 0 Å². The number of benzene rings is 2. The standard InChI is InChI=1S/C22H25NO3/c1-15-14-19-6-4-5-7-21(19)23(15)22(25)17(3)26-20-12-10-18(11-13-20)9-8-16(2)24/h4-7,10-13,15,17H,8-9,14H2,1-3H3. The molecule has 0 aromatic heterocycles. The van der Waals surface area contributed by atoms with Crippen molar-refractivity contribution in [3.63, 3.8) is 0 Å². The SMILES string of the molecule is CC(=O)CCc1ccc(OC(C)C(=O)N2c3ccccc3CC2C)cc1. The number of carbonyl (C=O) groups excluding carboxylic acids is 2. The van der Waals surface area contributed by atoms with E-state index >= 15 is 0 Å². The molecule has 0 N–H and O–H groups in total. The molecule has 136 valence electrons. The second kappa shape index (κ2) is 7.73. The van der Waals surface area contributed by atoms with Gasteiger partial charge in [0.2, 0.25) is 0 Å². The minimum absolute atomic E-state index is 0.0249. The van der Waals surface area contributed by atoms with Gasteiger partial charge in [0.05, 0.1) is 0 Å². The molecule has 2 atom stereocenters. The quantitative estimate of drug-likeness (QED) is 0.791. The van der Waals surface area contributed by atoms with E-state index in [2.05, 4.69) is 13.0 Å². The Morgan fingerprint density at radius 2 is 1.85 bits per heavy atom. The lowest BCUT2D eigenvalue weighted by atomic mass is 10.1. The third-order valence-electron chi connectivity index (χ3n) is 4.79. The number of ketones is 1. The van der Waals surface area contributed by atoms with Crippen LogP contribution in [0.1, 0.15) is 38.3 Å². The van der Waals surface area contributed by atoms with E-state index in [1.165, 1.54) is 5.56 Å². The monoisotopic (exact) mass is 351 g/mol. The number of para-hydroxylation sites is 1. The molecule has 1 aliphatic rings. The summed E-state index contributed by atoms with van der Waals surface area (Å²) in [7, 11) is 0. The third-order valence-corrected chi connectivity index (χ3v) is 4.79. The van der Waals surface area contributed by atoms with Crippen LogP contribution >= 0.6 is 0 Å². The summed E-state index contributed by atoms with van der Waals surface area (Å²) in [6.07, 6.45) is 1.58. The number of aryl methyl sites for hydroxylation is 1. The van der Waals surface area contributed by atoms with Crippen molar-refractivity contribution in [2.24, 2.45) is 0 Å². The van der Waals surface area contributed by atoms with Crippen LogP contribution in [0.4, 0.5) is 5.69 Å². The van der Waals surface area contributed by atoms with E-state index in [1.807, 2.05) is 47.4 Å². The molecule has 2 aromatic rings. The van der Waals surface area contributed by atoms with Crippen LogP contribution in [0.5, 0.6) is 5.75 Å². The van der Waals surface area contributed by atoms with E-state index in [4.69, 9.17) is 4.74 Å². The average molecular weight is 351 g/mol. The maximum absolute atomic E-state index is 12.9. The molecule has 0 aliphatic carbocycles. The lowest BCUT2D eigenvalue weighted by molar-refractivity contribution is -0.125. The van der Waals surface area contributed by atoms with Gasteiger partial charge < -0.3 is 14.4 Å². The first kappa shape index (κ1) is 18.2. The van der Waals surface area contributed by atoms with Crippen molar-refractivity contribution in [2.45, 2.75) is 52.2 Å². The van der Waals surface area contributed by atoms with Crippen LogP contribution in [0.2, 0.25) is 0 Å². The minimum Gasteiger partial charge on any atom is -0.481 e. The Bertz CT molecular complexity index is 797. The maximum atomic E-state index is 12.9. The lowest BCUT2D eigenvalue weighted by Crippen LogP contribution is -2.43. The zero-order chi connectivity index (χ0) is 18.7. The molecule has 0 spiro atoms.